The molecule has 0 heterocycles. The second kappa shape index (κ2) is 5.86. The fourth-order valence-corrected chi connectivity index (χ4v) is 2.32. The van der Waals surface area contributed by atoms with Gasteiger partial charge in [-0.2, -0.15) is 0 Å². The van der Waals surface area contributed by atoms with Crippen LogP contribution >= 0.6 is 27.5 Å². The summed E-state index contributed by atoms with van der Waals surface area (Å²) in [5.74, 6) is 0.202. The van der Waals surface area contributed by atoms with Crippen LogP contribution in [0.2, 0.25) is 0 Å². The van der Waals surface area contributed by atoms with Crippen molar-refractivity contribution >= 4 is 37.6 Å². The molecule has 1 rings (SSSR count). The zero-order valence-electron chi connectivity index (χ0n) is 8.98. The molecule has 0 amide bonds. The maximum Gasteiger partial charge on any atom is 0.241 e. The highest BCUT2D eigenvalue weighted by Gasteiger charge is 2.15. The van der Waals surface area contributed by atoms with Crippen LogP contribution < -0.4 is 9.88 Å². The third-order valence-electron chi connectivity index (χ3n) is 1.85. The smallest absolute Gasteiger partial charge is 0.241 e. The lowest BCUT2D eigenvalue weighted by molar-refractivity contribution is 0.343. The summed E-state index contributed by atoms with van der Waals surface area (Å²) in [6.45, 7) is 1.97. The lowest BCUT2D eigenvalue weighted by Gasteiger charge is -2.10. The highest BCUT2D eigenvalue weighted by molar-refractivity contribution is 9.10. The highest BCUT2D eigenvalue weighted by Crippen LogP contribution is 2.26. The van der Waals surface area contributed by atoms with E-state index in [1.54, 1.807) is 13.0 Å². The predicted octanol–water partition coefficient (Wildman–Crippen LogP) is 2.62. The van der Waals surface area contributed by atoms with Gasteiger partial charge in [-0.3, -0.25) is 0 Å². The second-order valence-electron chi connectivity index (χ2n) is 3.38. The van der Waals surface area contributed by atoms with Crippen LogP contribution in [0.3, 0.4) is 0 Å². The first-order chi connectivity index (χ1) is 7.84. The molecule has 0 aliphatic carbocycles. The van der Waals surface area contributed by atoms with Gasteiger partial charge in [0.15, 0.2) is 0 Å². The van der Waals surface area contributed by atoms with Crippen molar-refractivity contribution in [2.75, 3.05) is 6.61 Å². The van der Waals surface area contributed by atoms with Crippen LogP contribution in [0.4, 0.5) is 0 Å². The SMILES string of the molecule is C/C(=C/Cl)COc1ccc(Br)cc1S(N)(=O)=O. The first kappa shape index (κ1) is 14.5. The number of benzene rings is 1. The molecule has 1 aromatic carbocycles. The molecule has 2 N–H and O–H groups in total. The number of hydrogen-bond acceptors (Lipinski definition) is 3. The van der Waals surface area contributed by atoms with E-state index in [1.165, 1.54) is 17.7 Å². The molecule has 1 aromatic rings. The molecule has 0 saturated heterocycles. The Morgan fingerprint density at radius 3 is 2.76 bits per heavy atom. The van der Waals surface area contributed by atoms with Gasteiger partial charge in [0.2, 0.25) is 10.0 Å². The minimum absolute atomic E-state index is 0.0609. The quantitative estimate of drug-likeness (QED) is 0.916. The molecule has 7 heteroatoms. The zero-order chi connectivity index (χ0) is 13.1. The summed E-state index contributed by atoms with van der Waals surface area (Å²) < 4.78 is 28.7. The Hall–Kier alpha value is -0.560. The number of hydrogen-bond donors (Lipinski definition) is 1. The summed E-state index contributed by atoms with van der Waals surface area (Å²) in [5, 5.41) is 5.10. The fraction of sp³-hybridized carbons (Fsp3) is 0.200. The van der Waals surface area contributed by atoms with Gasteiger partial charge >= 0.3 is 0 Å². The summed E-state index contributed by atoms with van der Waals surface area (Å²) in [4.78, 5) is -0.0609. The number of sulfonamides is 1. The summed E-state index contributed by atoms with van der Waals surface area (Å²) in [6, 6.07) is 4.60. The van der Waals surface area contributed by atoms with E-state index >= 15 is 0 Å². The monoisotopic (exact) mass is 339 g/mol. The van der Waals surface area contributed by atoms with Crippen molar-refractivity contribution in [2.45, 2.75) is 11.8 Å². The van der Waals surface area contributed by atoms with Gasteiger partial charge in [0.25, 0.3) is 0 Å². The normalized spacial score (nSPS) is 12.6. The summed E-state index contributed by atoms with van der Waals surface area (Å²) >= 11 is 8.66. The van der Waals surface area contributed by atoms with E-state index in [-0.39, 0.29) is 17.3 Å². The summed E-state index contributed by atoms with van der Waals surface area (Å²) in [5.41, 5.74) is 2.14. The van der Waals surface area contributed by atoms with Gasteiger partial charge in [-0.25, -0.2) is 13.6 Å². The minimum Gasteiger partial charge on any atom is -0.488 e. The molecule has 0 aromatic heterocycles. The molecule has 94 valence electrons. The average Bonchev–Trinajstić information content (AvgIpc) is 2.25. The van der Waals surface area contributed by atoms with Crippen molar-refractivity contribution in [2.24, 2.45) is 5.14 Å². The number of halogens is 2. The molecule has 0 bridgehead atoms. The first-order valence-corrected chi connectivity index (χ1v) is 7.33. The molecular formula is C10H11BrClNO3S. The Morgan fingerprint density at radius 1 is 1.59 bits per heavy atom. The van der Waals surface area contributed by atoms with Gasteiger partial charge in [-0.1, -0.05) is 27.5 Å². The molecular weight excluding hydrogens is 330 g/mol. The molecule has 0 fully saturated rings. The minimum atomic E-state index is -3.82. The van der Waals surface area contributed by atoms with Crippen molar-refractivity contribution in [3.8, 4) is 5.75 Å². The highest BCUT2D eigenvalue weighted by atomic mass is 79.9. The van der Waals surface area contributed by atoms with Crippen LogP contribution in [0.1, 0.15) is 6.92 Å². The Kier molecular flexibility index (Phi) is 5.00. The largest absolute Gasteiger partial charge is 0.488 e. The topological polar surface area (TPSA) is 69.4 Å². The fourth-order valence-electron chi connectivity index (χ4n) is 1.05. The van der Waals surface area contributed by atoms with Gasteiger partial charge in [-0.15, -0.1) is 0 Å². The van der Waals surface area contributed by atoms with Crippen molar-refractivity contribution in [1.82, 2.24) is 0 Å². The number of nitrogens with two attached hydrogens (primary N) is 1. The Balaban J connectivity index is 3.08. The maximum absolute atomic E-state index is 11.4. The second-order valence-corrected chi connectivity index (χ2v) is 6.04. The van der Waals surface area contributed by atoms with Crippen LogP contribution in [0.15, 0.2) is 38.7 Å². The van der Waals surface area contributed by atoms with Crippen molar-refractivity contribution in [3.63, 3.8) is 0 Å². The maximum atomic E-state index is 11.4. The molecule has 4 nitrogen and oxygen atoms in total. The lowest BCUT2D eigenvalue weighted by Crippen LogP contribution is -2.14. The molecule has 0 aliphatic rings. The van der Waals surface area contributed by atoms with Gasteiger partial charge in [0, 0.05) is 10.0 Å². The van der Waals surface area contributed by atoms with Gasteiger partial charge in [0.05, 0.1) is 0 Å². The zero-order valence-corrected chi connectivity index (χ0v) is 12.1. The van der Waals surface area contributed by atoms with E-state index in [0.29, 0.717) is 4.47 Å². The molecule has 17 heavy (non-hydrogen) atoms. The van der Waals surface area contributed by atoms with Crippen molar-refractivity contribution < 1.29 is 13.2 Å². The molecule has 0 unspecified atom stereocenters. The molecule has 0 spiro atoms. The number of rotatable bonds is 4. The Morgan fingerprint density at radius 2 is 2.24 bits per heavy atom. The third-order valence-corrected chi connectivity index (χ3v) is 3.65. The van der Waals surface area contributed by atoms with E-state index in [0.717, 1.165) is 5.57 Å². The molecule has 0 radical (unpaired) electrons. The van der Waals surface area contributed by atoms with E-state index in [9.17, 15) is 8.42 Å². The predicted molar refractivity (Wildman–Crippen MR) is 70.6 cm³/mol. The van der Waals surface area contributed by atoms with Crippen molar-refractivity contribution in [3.05, 3.63) is 33.8 Å². The lowest BCUT2D eigenvalue weighted by atomic mass is 10.3. The van der Waals surface area contributed by atoms with Gasteiger partial charge < -0.3 is 4.74 Å². The average molecular weight is 341 g/mol. The Labute approximate surface area is 114 Å². The van der Waals surface area contributed by atoms with Crippen LogP contribution in [0.25, 0.3) is 0 Å². The summed E-state index contributed by atoms with van der Waals surface area (Å²) in [7, 11) is -3.82. The molecule has 0 atom stereocenters. The van der Waals surface area contributed by atoms with E-state index in [4.69, 9.17) is 21.5 Å². The Bertz CT molecular complexity index is 542. The van der Waals surface area contributed by atoms with Crippen LogP contribution in [0, 0.1) is 0 Å². The first-order valence-electron chi connectivity index (χ1n) is 4.55. The van der Waals surface area contributed by atoms with Gasteiger partial charge in [0.1, 0.15) is 17.3 Å². The van der Waals surface area contributed by atoms with Crippen LogP contribution in [0.5, 0.6) is 5.75 Å². The molecule has 0 saturated carbocycles. The van der Waals surface area contributed by atoms with E-state index in [1.807, 2.05) is 0 Å². The van der Waals surface area contributed by atoms with Crippen LogP contribution in [-0.2, 0) is 10.0 Å². The number of primary sulfonamides is 1. The molecule has 0 aliphatic heterocycles. The van der Waals surface area contributed by atoms with Crippen LogP contribution in [-0.4, -0.2) is 15.0 Å². The number of ether oxygens (including phenoxy) is 1. The third kappa shape index (κ3) is 4.31. The summed E-state index contributed by atoms with van der Waals surface area (Å²) in [6.07, 6.45) is 0. The van der Waals surface area contributed by atoms with E-state index in [2.05, 4.69) is 15.9 Å². The van der Waals surface area contributed by atoms with Gasteiger partial charge in [-0.05, 0) is 30.7 Å². The van der Waals surface area contributed by atoms with E-state index < -0.39 is 10.0 Å². The van der Waals surface area contributed by atoms with Crippen molar-refractivity contribution in [1.29, 1.82) is 0 Å². The standard InChI is InChI=1S/C10H11BrClNO3S/c1-7(5-12)6-16-9-3-2-8(11)4-10(9)17(13,14)15/h2-5H,6H2,1H3,(H2,13,14,15)/b7-5-.